The molecule has 0 bridgehead atoms. The summed E-state index contributed by atoms with van der Waals surface area (Å²) in [6.45, 7) is 3.82. The van der Waals surface area contributed by atoms with Crippen molar-refractivity contribution in [3.63, 3.8) is 0 Å². The van der Waals surface area contributed by atoms with Gasteiger partial charge in [0, 0.05) is 44.3 Å². The molecule has 2 N–H and O–H groups in total. The Morgan fingerprint density at radius 3 is 2.66 bits per heavy atom. The predicted molar refractivity (Wildman–Crippen MR) is 129 cm³/mol. The molecule has 0 atom stereocenters. The first-order chi connectivity index (χ1) is 13.5. The van der Waals surface area contributed by atoms with Gasteiger partial charge in [-0.05, 0) is 18.1 Å². The Morgan fingerprint density at radius 2 is 1.93 bits per heavy atom. The van der Waals surface area contributed by atoms with Crippen molar-refractivity contribution in [1.29, 1.82) is 0 Å². The molecule has 11 heteroatoms. The molecule has 158 valence electrons. The largest absolute Gasteiger partial charge is 0.370 e. The zero-order valence-electron chi connectivity index (χ0n) is 16.0. The van der Waals surface area contributed by atoms with Crippen molar-refractivity contribution in [2.45, 2.75) is 6.42 Å². The number of thiazole rings is 1. The number of nitrogens with two attached hydrogens (primary N) is 1. The molecule has 2 aliphatic heterocycles. The highest BCUT2D eigenvalue weighted by Gasteiger charge is 2.28. The zero-order chi connectivity index (χ0) is 19.6. The number of benzene rings is 1. The molecule has 0 radical (unpaired) electrons. The number of fused-ring (bicyclic) bond motifs is 1. The predicted octanol–water partition coefficient (Wildman–Crippen LogP) is 1.59. The third-order valence-electron chi connectivity index (χ3n) is 5.10. The maximum absolute atomic E-state index is 12.7. The smallest absolute Gasteiger partial charge is 0.237 e. The van der Waals surface area contributed by atoms with Gasteiger partial charge in [-0.3, -0.25) is 9.30 Å². The number of rotatable bonds is 5. The average molecular weight is 548 g/mol. The molecular weight excluding hydrogens is 523 g/mol. The summed E-state index contributed by atoms with van der Waals surface area (Å²) in [4.78, 5) is 12.9. The van der Waals surface area contributed by atoms with Gasteiger partial charge < -0.3 is 15.5 Å². The number of aliphatic imine (C=N–C) groups is 1. The van der Waals surface area contributed by atoms with Gasteiger partial charge in [0.15, 0.2) is 11.1 Å². The first-order valence-electron chi connectivity index (χ1n) is 9.32. The van der Waals surface area contributed by atoms with Gasteiger partial charge >= 0.3 is 0 Å². The van der Waals surface area contributed by atoms with E-state index in [0.717, 1.165) is 49.0 Å². The van der Waals surface area contributed by atoms with Crippen molar-refractivity contribution in [1.82, 2.24) is 9.88 Å². The summed E-state index contributed by atoms with van der Waals surface area (Å²) < 4.78 is 26.9. The first-order valence-corrected chi connectivity index (χ1v) is 11.8. The van der Waals surface area contributed by atoms with Crippen LogP contribution in [0.1, 0.15) is 5.56 Å². The van der Waals surface area contributed by atoms with Crippen LogP contribution in [-0.2, 0) is 16.4 Å². The number of hydrogen-bond acceptors (Lipinski definition) is 6. The van der Waals surface area contributed by atoms with E-state index >= 15 is 0 Å². The number of nitrogens with zero attached hydrogens (tertiary/aromatic N) is 5. The van der Waals surface area contributed by atoms with Gasteiger partial charge in [0.2, 0.25) is 10.0 Å². The van der Waals surface area contributed by atoms with E-state index < -0.39 is 10.0 Å². The van der Waals surface area contributed by atoms with Gasteiger partial charge in [0.25, 0.3) is 0 Å². The fourth-order valence-corrected chi connectivity index (χ4v) is 5.67. The maximum atomic E-state index is 12.7. The van der Waals surface area contributed by atoms with Crippen LogP contribution >= 0.6 is 35.3 Å². The Labute approximate surface area is 192 Å². The van der Waals surface area contributed by atoms with Crippen molar-refractivity contribution < 1.29 is 8.42 Å². The summed E-state index contributed by atoms with van der Waals surface area (Å²) in [5.41, 5.74) is 7.97. The van der Waals surface area contributed by atoms with Crippen LogP contribution in [-0.4, -0.2) is 69.3 Å². The zero-order valence-corrected chi connectivity index (χ0v) is 19.9. The SMILES string of the molecule is I.NC(=NCCS(=O)(=O)N1CCc2ccccc21)N1CCN(c2nccs2)CC1. The van der Waals surface area contributed by atoms with Gasteiger partial charge in [0.1, 0.15) is 0 Å². The van der Waals surface area contributed by atoms with Crippen LogP contribution in [0.3, 0.4) is 0 Å². The number of aromatic nitrogens is 1. The quantitative estimate of drug-likeness (QED) is 0.347. The number of para-hydroxylation sites is 1. The summed E-state index contributed by atoms with van der Waals surface area (Å²) in [7, 11) is -3.40. The second-order valence-electron chi connectivity index (χ2n) is 6.80. The molecule has 1 aromatic carbocycles. The molecule has 1 aromatic heterocycles. The Balaban J connectivity index is 0.00000240. The highest BCUT2D eigenvalue weighted by atomic mass is 127. The lowest BCUT2D eigenvalue weighted by Gasteiger charge is -2.35. The summed E-state index contributed by atoms with van der Waals surface area (Å²) in [6.07, 6.45) is 2.56. The van der Waals surface area contributed by atoms with Crippen LogP contribution in [0.2, 0.25) is 0 Å². The molecule has 0 unspecified atom stereocenters. The highest BCUT2D eigenvalue weighted by Crippen LogP contribution is 2.29. The molecule has 0 spiro atoms. The Morgan fingerprint density at radius 1 is 1.17 bits per heavy atom. The van der Waals surface area contributed by atoms with Gasteiger partial charge in [0.05, 0.1) is 18.0 Å². The van der Waals surface area contributed by atoms with E-state index in [-0.39, 0.29) is 36.3 Å². The van der Waals surface area contributed by atoms with Gasteiger partial charge in [-0.15, -0.1) is 35.3 Å². The number of anilines is 2. The van der Waals surface area contributed by atoms with Crippen molar-refractivity contribution in [2.24, 2.45) is 10.7 Å². The molecule has 8 nitrogen and oxygen atoms in total. The van der Waals surface area contributed by atoms with Crippen LogP contribution in [0.25, 0.3) is 0 Å². The minimum absolute atomic E-state index is 0. The van der Waals surface area contributed by atoms with E-state index in [0.29, 0.717) is 12.5 Å². The van der Waals surface area contributed by atoms with E-state index in [2.05, 4.69) is 14.9 Å². The fourth-order valence-electron chi connectivity index (χ4n) is 3.58. The topological polar surface area (TPSA) is 95.1 Å². The maximum Gasteiger partial charge on any atom is 0.237 e. The number of halogens is 1. The summed E-state index contributed by atoms with van der Waals surface area (Å²) >= 11 is 1.63. The van der Waals surface area contributed by atoms with Crippen LogP contribution in [0.4, 0.5) is 10.8 Å². The van der Waals surface area contributed by atoms with Gasteiger partial charge in [-0.25, -0.2) is 13.4 Å². The highest BCUT2D eigenvalue weighted by molar-refractivity contribution is 14.0. The Kier molecular flexibility index (Phi) is 7.22. The van der Waals surface area contributed by atoms with Crippen LogP contribution in [0, 0.1) is 0 Å². The molecule has 2 aromatic rings. The summed E-state index contributed by atoms with van der Waals surface area (Å²) in [5.74, 6) is 0.372. The molecule has 0 amide bonds. The third-order valence-corrected chi connectivity index (χ3v) is 7.68. The minimum atomic E-state index is -3.40. The van der Waals surface area contributed by atoms with E-state index in [1.165, 1.54) is 4.31 Å². The van der Waals surface area contributed by atoms with Crippen molar-refractivity contribution in [3.05, 3.63) is 41.4 Å². The molecular formula is C18H25IN6O2S2. The minimum Gasteiger partial charge on any atom is -0.370 e. The average Bonchev–Trinajstić information content (AvgIpc) is 3.38. The lowest BCUT2D eigenvalue weighted by Crippen LogP contribution is -2.51. The molecule has 0 aliphatic carbocycles. The molecule has 4 rings (SSSR count). The van der Waals surface area contributed by atoms with Crippen molar-refractivity contribution >= 4 is 62.1 Å². The van der Waals surface area contributed by atoms with Crippen molar-refractivity contribution in [2.75, 3.05) is 54.2 Å². The summed E-state index contributed by atoms with van der Waals surface area (Å²) in [5, 5.41) is 2.99. The number of guanidine groups is 1. The van der Waals surface area contributed by atoms with E-state index in [1.807, 2.05) is 34.5 Å². The molecule has 29 heavy (non-hydrogen) atoms. The van der Waals surface area contributed by atoms with E-state index in [4.69, 9.17) is 5.73 Å². The first kappa shape index (κ1) is 22.1. The Hall–Kier alpha value is -1.60. The third kappa shape index (κ3) is 4.94. The second kappa shape index (κ2) is 9.47. The summed E-state index contributed by atoms with van der Waals surface area (Å²) in [6, 6.07) is 7.65. The molecule has 1 fully saturated rings. The van der Waals surface area contributed by atoms with Crippen molar-refractivity contribution in [3.8, 4) is 0 Å². The van der Waals surface area contributed by atoms with E-state index in [1.54, 1.807) is 17.5 Å². The number of piperazine rings is 1. The van der Waals surface area contributed by atoms with Crippen LogP contribution in [0.5, 0.6) is 0 Å². The normalized spacial score (nSPS) is 17.2. The second-order valence-corrected chi connectivity index (χ2v) is 9.68. The molecule has 1 saturated heterocycles. The monoisotopic (exact) mass is 548 g/mol. The Bertz CT molecular complexity index is 943. The molecule has 3 heterocycles. The standard InChI is InChI=1S/C18H24N6O2S2.HI/c19-17(22-9-11-23(12-10-22)18-21-6-13-27-18)20-7-14-28(25,26)24-8-5-15-3-1-2-4-16(15)24;/h1-4,6,13H,5,7-12,14H2,(H2,19,20);1H. The molecule has 0 saturated carbocycles. The lowest BCUT2D eigenvalue weighted by atomic mass is 10.2. The van der Waals surface area contributed by atoms with Gasteiger partial charge in [-0.1, -0.05) is 18.2 Å². The number of sulfonamides is 1. The lowest BCUT2D eigenvalue weighted by molar-refractivity contribution is 0.381. The van der Waals surface area contributed by atoms with Crippen LogP contribution < -0.4 is 14.9 Å². The molecule has 2 aliphatic rings. The van der Waals surface area contributed by atoms with Crippen LogP contribution in [0.15, 0.2) is 40.8 Å². The number of hydrogen-bond donors (Lipinski definition) is 1. The fraction of sp³-hybridized carbons (Fsp3) is 0.444. The van der Waals surface area contributed by atoms with E-state index in [9.17, 15) is 8.42 Å². The van der Waals surface area contributed by atoms with Gasteiger partial charge in [-0.2, -0.15) is 0 Å².